The first-order chi connectivity index (χ1) is 63.6. The molecule has 8 aromatic carbocycles. The van der Waals surface area contributed by atoms with Crippen molar-refractivity contribution in [1.29, 1.82) is 0 Å². The van der Waals surface area contributed by atoms with E-state index in [0.717, 1.165) is 198 Å². The van der Waals surface area contributed by atoms with Gasteiger partial charge in [-0.25, -0.2) is 17.6 Å². The van der Waals surface area contributed by atoms with Crippen molar-refractivity contribution >= 4 is 78.0 Å². The number of phenols is 1. The molecule has 0 aliphatic carbocycles. The van der Waals surface area contributed by atoms with Crippen LogP contribution in [0.4, 0.5) is 40.3 Å². The van der Waals surface area contributed by atoms with Crippen molar-refractivity contribution in [1.82, 2.24) is 39.5 Å². The Hall–Kier alpha value is -12.0. The summed E-state index contributed by atoms with van der Waals surface area (Å²) in [5.74, 6) is -0.700. The number of halogens is 5. The third-order valence-electron chi connectivity index (χ3n) is 21.1. The minimum atomic E-state index is -0.987. The number of phenolic OH excluding ortho intramolecular Hbond substituents is 1. The van der Waals surface area contributed by atoms with Crippen LogP contribution in [0.2, 0.25) is 5.02 Å². The number of aliphatic hydroxyl groups is 4. The van der Waals surface area contributed by atoms with E-state index >= 15 is 0 Å². The molecule has 0 spiro atoms. The first-order valence-electron chi connectivity index (χ1n) is 42.2. The van der Waals surface area contributed by atoms with Crippen LogP contribution < -0.4 is 38.9 Å². The molecule has 4 fully saturated rings. The quantitative estimate of drug-likeness (QED) is 0.00423. The van der Waals surface area contributed by atoms with Crippen LogP contribution in [0.1, 0.15) is 47.9 Å². The van der Waals surface area contributed by atoms with Crippen LogP contribution in [-0.4, -0.2) is 238 Å². The number of nitro groups is 3. The van der Waals surface area contributed by atoms with Gasteiger partial charge in [0.05, 0.1) is 166 Å². The molecule has 133 heavy (non-hydrogen) atoms. The van der Waals surface area contributed by atoms with Crippen molar-refractivity contribution in [3.8, 4) is 63.2 Å². The van der Waals surface area contributed by atoms with Crippen LogP contribution >= 0.6 is 11.6 Å². The predicted molar refractivity (Wildman–Crippen MR) is 483 cm³/mol. The Kier molecular flexibility index (Phi) is 40.7. The number of non-ortho nitro benzene ring substituents is 3. The molecule has 4 saturated heterocycles. The van der Waals surface area contributed by atoms with E-state index in [-0.39, 0.29) is 88.6 Å². The number of aromatic hydroxyl groups is 1. The van der Waals surface area contributed by atoms with Gasteiger partial charge in [0.2, 0.25) is 0 Å². The fourth-order valence-electron chi connectivity index (χ4n) is 14.2. The fourth-order valence-corrected chi connectivity index (χ4v) is 14.4. The Morgan fingerprint density at radius 2 is 0.632 bits per heavy atom. The number of benzene rings is 8. The van der Waals surface area contributed by atoms with Gasteiger partial charge in [-0.15, -0.1) is 0 Å². The molecule has 0 radical (unpaired) electrons. The second kappa shape index (κ2) is 52.4. The molecule has 0 bridgehead atoms. The van der Waals surface area contributed by atoms with E-state index in [2.05, 4.69) is 39.5 Å². The number of hydrogen-bond acceptors (Lipinski definition) is 31. The van der Waals surface area contributed by atoms with Crippen LogP contribution in [0.3, 0.4) is 0 Å². The van der Waals surface area contributed by atoms with Gasteiger partial charge in [0.15, 0.2) is 46.3 Å². The number of morpholine rings is 4. The maximum absolute atomic E-state index is 14.3. The zero-order valence-electron chi connectivity index (χ0n) is 72.7. The number of aliphatic hydroxyl groups excluding tert-OH is 4. The summed E-state index contributed by atoms with van der Waals surface area (Å²) >= 11 is 6.17. The van der Waals surface area contributed by atoms with E-state index < -0.39 is 43.8 Å². The number of nitrogens with zero attached hydrogens (tertiary/aromatic N) is 11. The van der Waals surface area contributed by atoms with Gasteiger partial charge in [0, 0.05) is 222 Å². The second-order valence-electron chi connectivity index (χ2n) is 30.0. The van der Waals surface area contributed by atoms with Gasteiger partial charge in [-0.3, -0.25) is 69.9 Å². The molecule has 4 aromatic heterocycles. The van der Waals surface area contributed by atoms with E-state index in [1.54, 1.807) is 79.1 Å². The molecule has 4 aliphatic rings. The van der Waals surface area contributed by atoms with Crippen molar-refractivity contribution in [3.63, 3.8) is 0 Å². The third-order valence-corrected chi connectivity index (χ3v) is 21.5. The zero-order valence-corrected chi connectivity index (χ0v) is 75.0. The van der Waals surface area contributed by atoms with E-state index in [0.29, 0.717) is 133 Å². The number of nitro benzene ring substituents is 3. The SMILES string of the molecule is Nc1ccc(Oc2ccnc3cc(OCCCN4CCOCC4)c(CO)cc23)c(F)c1.O=[N+]([O-])c1ccc(O)c(F)c1.O=[N+]([O-])c1ccc(Oc2ccnc3cc(OCCCN4CCOCC4)c(CO)cc23)c(F)c1.O=[N+]([O-])c1ccc(Oc2ccnc3cc(OCCCN4CCOCC4)c(CO)cc23)c(F)c1.OCc1cc2c(Cl)ccnc2cc1OCCCN1CCOCC1.[CH3-].[Pd]. The molecule has 0 amide bonds. The molecule has 34 nitrogen and oxygen atoms in total. The van der Waals surface area contributed by atoms with E-state index in [4.69, 9.17) is 74.5 Å². The van der Waals surface area contributed by atoms with Gasteiger partial charge in [0.25, 0.3) is 17.1 Å². The van der Waals surface area contributed by atoms with Gasteiger partial charge < -0.3 is 90.8 Å². The molecule has 40 heteroatoms. The summed E-state index contributed by atoms with van der Waals surface area (Å²) < 4.78 is 117. The number of pyridine rings is 4. The minimum absolute atomic E-state index is 0. The molecule has 8 heterocycles. The largest absolute Gasteiger partial charge is 0.505 e. The third kappa shape index (κ3) is 30.0. The summed E-state index contributed by atoms with van der Waals surface area (Å²) in [4.78, 5) is 56.3. The number of rotatable bonds is 33. The van der Waals surface area contributed by atoms with E-state index in [9.17, 15) is 68.3 Å². The Bertz CT molecular complexity index is 5680. The summed E-state index contributed by atoms with van der Waals surface area (Å²) in [6.07, 6.45) is 9.77. The van der Waals surface area contributed by atoms with Crippen LogP contribution in [0, 0.1) is 61.0 Å². The maximum atomic E-state index is 14.3. The van der Waals surface area contributed by atoms with E-state index in [1.807, 2.05) is 12.1 Å². The average Bonchev–Trinajstić information content (AvgIpc) is 0.787. The number of hydrogen-bond donors (Lipinski definition) is 6. The Morgan fingerprint density at radius 3 is 0.917 bits per heavy atom. The summed E-state index contributed by atoms with van der Waals surface area (Å²) in [5, 5.41) is 82.7. The van der Waals surface area contributed by atoms with Crippen LogP contribution in [0.25, 0.3) is 43.6 Å². The standard InChI is InChI=1S/2C23H24FN3O6.C23H26FN3O4.C17H21ClN2O3.C6H4FNO3.CH3.Pd/c2*24-19-13-17(27(29)30)2-3-22(19)33-21-4-5-25-20-14-23(16(15-28)12-18(20)21)32-9-1-6-26-7-10-31-11-8-26;24-19-13-17(25)2-3-22(19)31-21-4-5-26-20-14-23(16(15-28)12-18(20)21)30-9-1-6-27-7-10-29-11-8-27;18-15-2-3-19-16-11-17(13(12-21)10-14(15)16)23-7-1-4-20-5-8-22-9-6-20;7-5-3-4(8(10)11)1-2-6(5)9;;/h2*2-5,12-14,28H,1,6-11,15H2;2-5,12-14,28H,1,6-11,15,25H2;2-3,10-11,21H,1,4-9,12H2;1-3,9H;1H3;/q;;;;;-1;. The molecule has 12 aromatic rings. The van der Waals surface area contributed by atoms with E-state index in [1.165, 1.54) is 48.8 Å². The average molecular weight is 1960 g/mol. The fraction of sp³-hybridized carbons (Fsp3) is 0.344. The van der Waals surface area contributed by atoms with Crippen molar-refractivity contribution in [3.05, 3.63) is 259 Å². The smallest absolute Gasteiger partial charge is 0.272 e. The summed E-state index contributed by atoms with van der Waals surface area (Å²) in [6, 6.07) is 33.8. The first-order valence-corrected chi connectivity index (χ1v) is 42.6. The zero-order chi connectivity index (χ0) is 92.5. The second-order valence-corrected chi connectivity index (χ2v) is 30.4. The molecule has 7 N–H and O–H groups in total. The molecular weight excluding hydrogens is 1850 g/mol. The number of ether oxygens (including phenoxy) is 11. The number of nitrogen functional groups attached to an aromatic ring is 1. The molecular formula is C93H102ClF4N12O22Pd-. The Labute approximate surface area is 781 Å². The summed E-state index contributed by atoms with van der Waals surface area (Å²) in [7, 11) is 0. The van der Waals surface area contributed by atoms with Crippen molar-refractivity contribution in [2.24, 2.45) is 0 Å². The Balaban J connectivity index is 0.000000177. The van der Waals surface area contributed by atoms with Gasteiger partial charge >= 0.3 is 0 Å². The molecule has 0 unspecified atom stereocenters. The molecule has 4 aliphatic heterocycles. The van der Waals surface area contributed by atoms with Gasteiger partial charge in [-0.2, -0.15) is 0 Å². The number of fused-ring (bicyclic) bond motifs is 4. The summed E-state index contributed by atoms with van der Waals surface area (Å²) in [5.41, 5.74) is 9.79. The first kappa shape index (κ1) is 103. The topological polar surface area (TPSA) is 423 Å². The van der Waals surface area contributed by atoms with Crippen LogP contribution in [-0.2, 0) is 65.8 Å². The summed E-state index contributed by atoms with van der Waals surface area (Å²) in [6.45, 7) is 18.8. The maximum Gasteiger partial charge on any atom is 0.272 e. The van der Waals surface area contributed by atoms with Gasteiger partial charge in [-0.05, 0) is 105 Å². The Morgan fingerprint density at radius 1 is 0.361 bits per heavy atom. The monoisotopic (exact) mass is 1960 g/mol. The number of nitrogens with two attached hydrogens (primary N) is 1. The van der Waals surface area contributed by atoms with Crippen molar-refractivity contribution < 1.29 is 130 Å². The molecule has 712 valence electrons. The normalized spacial score (nSPS) is 14.1. The molecule has 16 rings (SSSR count). The van der Waals surface area contributed by atoms with Crippen LogP contribution in [0.5, 0.6) is 63.2 Å². The van der Waals surface area contributed by atoms with Gasteiger partial charge in [0.1, 0.15) is 40.2 Å². The van der Waals surface area contributed by atoms with Crippen molar-refractivity contribution in [2.45, 2.75) is 52.1 Å². The van der Waals surface area contributed by atoms with Crippen molar-refractivity contribution in [2.75, 3.05) is 164 Å². The molecule has 0 saturated carbocycles. The molecule has 0 atom stereocenters. The number of anilines is 1. The minimum Gasteiger partial charge on any atom is -0.505 e. The number of aromatic nitrogens is 4. The predicted octanol–water partition coefficient (Wildman–Crippen LogP) is 15.0. The van der Waals surface area contributed by atoms with Crippen LogP contribution in [0.15, 0.2) is 170 Å². The van der Waals surface area contributed by atoms with Gasteiger partial charge in [-0.1, -0.05) is 11.6 Å².